The van der Waals surface area contributed by atoms with Crippen molar-refractivity contribution in [3.63, 3.8) is 0 Å². The maximum absolute atomic E-state index is 12.5. The van der Waals surface area contributed by atoms with Crippen LogP contribution in [0.2, 0.25) is 0 Å². The van der Waals surface area contributed by atoms with Gasteiger partial charge in [-0.3, -0.25) is 9.59 Å². The van der Waals surface area contributed by atoms with E-state index in [9.17, 15) is 9.59 Å². The lowest BCUT2D eigenvalue weighted by Crippen LogP contribution is -2.32. The highest BCUT2D eigenvalue weighted by molar-refractivity contribution is 5.95. The van der Waals surface area contributed by atoms with Crippen molar-refractivity contribution in [2.24, 2.45) is 0 Å². The van der Waals surface area contributed by atoms with E-state index < -0.39 is 6.10 Å². The highest BCUT2D eigenvalue weighted by atomic mass is 16.5. The summed E-state index contributed by atoms with van der Waals surface area (Å²) in [5.41, 5.74) is 2.48. The normalized spacial score (nSPS) is 11.4. The summed E-state index contributed by atoms with van der Waals surface area (Å²) in [6.45, 7) is 1.90. The molecule has 0 aliphatic heterocycles. The van der Waals surface area contributed by atoms with E-state index in [1.807, 2.05) is 67.6 Å². The van der Waals surface area contributed by atoms with Gasteiger partial charge in [-0.05, 0) is 54.8 Å². The third-order valence-electron chi connectivity index (χ3n) is 4.60. The fraction of sp³-hybridized carbons (Fsp3) is 0.200. The van der Waals surface area contributed by atoms with Crippen molar-refractivity contribution in [3.05, 3.63) is 90.5 Å². The maximum Gasteiger partial charge on any atom is 0.265 e. The van der Waals surface area contributed by atoms with Crippen LogP contribution < -0.4 is 15.4 Å². The van der Waals surface area contributed by atoms with Gasteiger partial charge in [0.2, 0.25) is 5.91 Å². The van der Waals surface area contributed by atoms with Gasteiger partial charge in [0, 0.05) is 17.8 Å². The van der Waals surface area contributed by atoms with Crippen LogP contribution in [-0.4, -0.2) is 17.9 Å². The Kier molecular flexibility index (Phi) is 7.61. The van der Waals surface area contributed by atoms with Crippen molar-refractivity contribution in [1.29, 1.82) is 0 Å². The largest absolute Gasteiger partial charge is 0.481 e. The molecule has 3 rings (SSSR count). The van der Waals surface area contributed by atoms with Gasteiger partial charge in [-0.2, -0.15) is 0 Å². The predicted molar refractivity (Wildman–Crippen MR) is 120 cm³/mol. The zero-order valence-electron chi connectivity index (χ0n) is 17.0. The first-order valence-electron chi connectivity index (χ1n) is 10.1. The van der Waals surface area contributed by atoms with Crippen molar-refractivity contribution < 1.29 is 14.3 Å². The second-order valence-electron chi connectivity index (χ2n) is 6.93. The fourth-order valence-electron chi connectivity index (χ4n) is 2.97. The van der Waals surface area contributed by atoms with Crippen LogP contribution in [0.3, 0.4) is 0 Å². The van der Waals surface area contributed by atoms with Gasteiger partial charge >= 0.3 is 0 Å². The van der Waals surface area contributed by atoms with Crippen molar-refractivity contribution in [2.45, 2.75) is 32.3 Å². The number of anilines is 2. The Morgan fingerprint density at radius 3 is 1.97 bits per heavy atom. The van der Waals surface area contributed by atoms with Crippen LogP contribution in [0.25, 0.3) is 0 Å². The SMILES string of the molecule is CCC(Oc1ccccc1)C(=O)Nc1ccc(NC(=O)CCc2ccccc2)cc1. The standard InChI is InChI=1S/C25H26N2O3/c1-2-23(30-22-11-7-4-8-12-22)25(29)27-21-16-14-20(15-17-21)26-24(28)18-13-19-9-5-3-6-10-19/h3-12,14-17,23H,2,13,18H2,1H3,(H,26,28)(H,27,29). The second kappa shape index (κ2) is 10.8. The van der Waals surface area contributed by atoms with Crippen LogP contribution in [0.1, 0.15) is 25.3 Å². The number of ether oxygens (including phenoxy) is 1. The van der Waals surface area contributed by atoms with E-state index in [1.165, 1.54) is 0 Å². The van der Waals surface area contributed by atoms with Crippen LogP contribution in [0.4, 0.5) is 11.4 Å². The van der Waals surface area contributed by atoms with E-state index in [0.717, 1.165) is 5.56 Å². The molecule has 0 aliphatic rings. The molecule has 2 N–H and O–H groups in total. The van der Waals surface area contributed by atoms with Crippen molar-refractivity contribution >= 4 is 23.2 Å². The number of amides is 2. The molecule has 3 aromatic rings. The van der Waals surface area contributed by atoms with Gasteiger partial charge in [-0.1, -0.05) is 55.5 Å². The minimum absolute atomic E-state index is 0.0436. The van der Waals surface area contributed by atoms with E-state index in [-0.39, 0.29) is 11.8 Å². The molecule has 0 heterocycles. The number of nitrogens with one attached hydrogen (secondary N) is 2. The number of hydrogen-bond acceptors (Lipinski definition) is 3. The number of benzene rings is 3. The van der Waals surface area contributed by atoms with Gasteiger partial charge in [-0.15, -0.1) is 0 Å². The first kappa shape index (κ1) is 21.1. The van der Waals surface area contributed by atoms with Crippen LogP contribution >= 0.6 is 0 Å². The molecule has 5 heteroatoms. The Labute approximate surface area is 177 Å². The monoisotopic (exact) mass is 402 g/mol. The average molecular weight is 402 g/mol. The summed E-state index contributed by atoms with van der Waals surface area (Å²) < 4.78 is 5.77. The van der Waals surface area contributed by atoms with Crippen LogP contribution in [-0.2, 0) is 16.0 Å². The Bertz CT molecular complexity index is 941. The fourth-order valence-corrected chi connectivity index (χ4v) is 2.97. The lowest BCUT2D eigenvalue weighted by molar-refractivity contribution is -0.122. The summed E-state index contributed by atoms with van der Waals surface area (Å²) in [4.78, 5) is 24.7. The molecule has 0 spiro atoms. The summed E-state index contributed by atoms with van der Waals surface area (Å²) in [6, 6.07) is 26.3. The summed E-state index contributed by atoms with van der Waals surface area (Å²) in [7, 11) is 0. The van der Waals surface area contributed by atoms with E-state index in [4.69, 9.17) is 4.74 Å². The van der Waals surface area contributed by atoms with Gasteiger partial charge in [-0.25, -0.2) is 0 Å². The van der Waals surface area contributed by atoms with E-state index >= 15 is 0 Å². The van der Waals surface area contributed by atoms with E-state index in [0.29, 0.717) is 36.4 Å². The minimum Gasteiger partial charge on any atom is -0.481 e. The van der Waals surface area contributed by atoms with Crippen molar-refractivity contribution in [2.75, 3.05) is 10.6 Å². The Morgan fingerprint density at radius 1 is 0.800 bits per heavy atom. The lowest BCUT2D eigenvalue weighted by atomic mass is 10.1. The molecule has 0 radical (unpaired) electrons. The highest BCUT2D eigenvalue weighted by Crippen LogP contribution is 2.17. The topological polar surface area (TPSA) is 67.4 Å². The number of para-hydroxylation sites is 1. The molecule has 0 bridgehead atoms. The van der Waals surface area contributed by atoms with Gasteiger partial charge in [0.05, 0.1) is 0 Å². The smallest absolute Gasteiger partial charge is 0.265 e. The van der Waals surface area contributed by atoms with Gasteiger partial charge in [0.1, 0.15) is 5.75 Å². The zero-order chi connectivity index (χ0) is 21.2. The molecule has 1 atom stereocenters. The molecular formula is C25H26N2O3. The minimum atomic E-state index is -0.579. The third kappa shape index (κ3) is 6.48. The molecule has 5 nitrogen and oxygen atoms in total. The maximum atomic E-state index is 12.5. The van der Waals surface area contributed by atoms with Gasteiger partial charge in [0.25, 0.3) is 5.91 Å². The predicted octanol–water partition coefficient (Wildman–Crippen LogP) is 5.05. The molecule has 0 saturated heterocycles. The van der Waals surface area contributed by atoms with Gasteiger partial charge in [0.15, 0.2) is 6.10 Å². The van der Waals surface area contributed by atoms with Crippen molar-refractivity contribution in [3.8, 4) is 5.75 Å². The molecule has 0 fully saturated rings. The first-order valence-corrected chi connectivity index (χ1v) is 10.1. The molecule has 2 amide bonds. The molecule has 0 saturated carbocycles. The summed E-state index contributed by atoms with van der Waals surface area (Å²) >= 11 is 0. The number of aryl methyl sites for hydroxylation is 1. The molecule has 3 aromatic carbocycles. The highest BCUT2D eigenvalue weighted by Gasteiger charge is 2.18. The number of carbonyl (C=O) groups excluding carboxylic acids is 2. The third-order valence-corrected chi connectivity index (χ3v) is 4.60. The first-order chi connectivity index (χ1) is 14.6. The number of carbonyl (C=O) groups is 2. The molecular weight excluding hydrogens is 376 g/mol. The molecule has 154 valence electrons. The average Bonchev–Trinajstić information content (AvgIpc) is 2.78. The lowest BCUT2D eigenvalue weighted by Gasteiger charge is -2.17. The van der Waals surface area contributed by atoms with Crippen LogP contribution in [0.15, 0.2) is 84.9 Å². The zero-order valence-corrected chi connectivity index (χ0v) is 17.0. The quantitative estimate of drug-likeness (QED) is 0.526. The summed E-state index contributed by atoms with van der Waals surface area (Å²) in [6.07, 6.45) is 1.08. The Hall–Kier alpha value is -3.60. The molecule has 0 aliphatic carbocycles. The number of rotatable bonds is 9. The van der Waals surface area contributed by atoms with Crippen LogP contribution in [0, 0.1) is 0 Å². The molecule has 1 unspecified atom stereocenters. The summed E-state index contributed by atoms with van der Waals surface area (Å²) in [5, 5.41) is 5.75. The van der Waals surface area contributed by atoms with Gasteiger partial charge < -0.3 is 15.4 Å². The summed E-state index contributed by atoms with van der Waals surface area (Å²) in [5.74, 6) is 0.409. The van der Waals surface area contributed by atoms with Crippen LogP contribution in [0.5, 0.6) is 5.75 Å². The molecule has 30 heavy (non-hydrogen) atoms. The Morgan fingerprint density at radius 2 is 1.37 bits per heavy atom. The molecule has 0 aromatic heterocycles. The Balaban J connectivity index is 1.49. The van der Waals surface area contributed by atoms with Crippen molar-refractivity contribution in [1.82, 2.24) is 0 Å². The second-order valence-corrected chi connectivity index (χ2v) is 6.93. The van der Waals surface area contributed by atoms with E-state index in [1.54, 1.807) is 24.3 Å². The van der Waals surface area contributed by atoms with E-state index in [2.05, 4.69) is 10.6 Å². The number of hydrogen-bond donors (Lipinski definition) is 2.